The topological polar surface area (TPSA) is 29.9 Å². The Morgan fingerprint density at radius 3 is 3.00 bits per heavy atom. The number of nitrogens with zero attached hydrogens (tertiary/aromatic N) is 2. The van der Waals surface area contributed by atoms with Crippen molar-refractivity contribution in [3.8, 4) is 5.13 Å². The van der Waals surface area contributed by atoms with Gasteiger partial charge in [-0.3, -0.25) is 0 Å². The molecule has 0 saturated carbocycles. The minimum atomic E-state index is 0.980. The fourth-order valence-corrected chi connectivity index (χ4v) is 2.73. The fourth-order valence-electron chi connectivity index (χ4n) is 1.68. The van der Waals surface area contributed by atoms with Crippen molar-refractivity contribution in [2.24, 2.45) is 0 Å². The van der Waals surface area contributed by atoms with Gasteiger partial charge in [0.05, 0.1) is 5.69 Å². The van der Waals surface area contributed by atoms with E-state index in [2.05, 4.69) is 14.9 Å². The van der Waals surface area contributed by atoms with E-state index < -0.39 is 0 Å². The zero-order chi connectivity index (χ0) is 9.38. The van der Waals surface area contributed by atoms with Gasteiger partial charge in [-0.25, -0.2) is 4.98 Å². The van der Waals surface area contributed by atoms with E-state index in [4.69, 9.17) is 0 Å². The molecule has 0 atom stereocenters. The average molecular weight is 205 g/mol. The van der Waals surface area contributed by atoms with Gasteiger partial charge in [-0.2, -0.15) is 0 Å². The summed E-state index contributed by atoms with van der Waals surface area (Å²) >= 11 is 1.78. The molecule has 0 amide bonds. The lowest BCUT2D eigenvalue weighted by Gasteiger charge is -2.09. The van der Waals surface area contributed by atoms with Crippen LogP contribution in [0.25, 0.3) is 5.13 Å². The van der Waals surface area contributed by atoms with E-state index in [1.165, 1.54) is 10.6 Å². The Balaban J connectivity index is 2.04. The van der Waals surface area contributed by atoms with Gasteiger partial charge in [-0.15, -0.1) is 0 Å². The molecule has 0 aromatic carbocycles. The molecule has 0 radical (unpaired) electrons. The van der Waals surface area contributed by atoms with Gasteiger partial charge >= 0.3 is 0 Å². The molecule has 3 nitrogen and oxygen atoms in total. The normalized spacial score (nSPS) is 15.4. The van der Waals surface area contributed by atoms with Gasteiger partial charge in [-0.1, -0.05) is 11.3 Å². The van der Waals surface area contributed by atoms with Crippen LogP contribution in [0.2, 0.25) is 0 Å². The van der Waals surface area contributed by atoms with E-state index in [9.17, 15) is 0 Å². The lowest BCUT2D eigenvalue weighted by Crippen LogP contribution is -2.22. The molecule has 0 unspecified atom stereocenters. The van der Waals surface area contributed by atoms with Crippen LogP contribution in [0, 0.1) is 0 Å². The summed E-state index contributed by atoms with van der Waals surface area (Å²) in [6.45, 7) is 2.04. The Bertz CT molecular complexity index is 407. The molecule has 0 fully saturated rings. The van der Waals surface area contributed by atoms with Gasteiger partial charge in [0.25, 0.3) is 0 Å². The summed E-state index contributed by atoms with van der Waals surface area (Å²) < 4.78 is 2.07. The highest BCUT2D eigenvalue weighted by Crippen LogP contribution is 2.24. The molecule has 0 spiro atoms. The van der Waals surface area contributed by atoms with Gasteiger partial charge in [0.2, 0.25) is 0 Å². The van der Waals surface area contributed by atoms with Crippen LogP contribution in [0.1, 0.15) is 10.6 Å². The molecular formula is C10H11N3S. The highest BCUT2D eigenvalue weighted by atomic mass is 32.1. The third-order valence-electron chi connectivity index (χ3n) is 2.42. The van der Waals surface area contributed by atoms with Crippen molar-refractivity contribution >= 4 is 11.3 Å². The molecule has 2 aromatic rings. The van der Waals surface area contributed by atoms with Crippen LogP contribution >= 0.6 is 11.3 Å². The average Bonchev–Trinajstić information content (AvgIpc) is 2.86. The van der Waals surface area contributed by atoms with Gasteiger partial charge in [0.15, 0.2) is 5.13 Å². The van der Waals surface area contributed by atoms with Crippen LogP contribution in [-0.2, 0) is 13.0 Å². The van der Waals surface area contributed by atoms with Gasteiger partial charge in [0, 0.05) is 36.8 Å². The van der Waals surface area contributed by atoms with E-state index in [0.717, 1.165) is 24.6 Å². The maximum Gasteiger partial charge on any atom is 0.194 e. The number of hydrogen-bond donors (Lipinski definition) is 1. The second-order valence-corrected chi connectivity index (χ2v) is 4.45. The summed E-state index contributed by atoms with van der Waals surface area (Å²) in [6.07, 6.45) is 5.14. The third-order valence-corrected chi connectivity index (χ3v) is 3.53. The third kappa shape index (κ3) is 1.27. The first-order valence-electron chi connectivity index (χ1n) is 4.76. The Morgan fingerprint density at radius 2 is 2.21 bits per heavy atom. The van der Waals surface area contributed by atoms with Crippen molar-refractivity contribution < 1.29 is 0 Å². The van der Waals surface area contributed by atoms with Crippen molar-refractivity contribution in [3.05, 3.63) is 35.1 Å². The van der Waals surface area contributed by atoms with E-state index in [1.54, 1.807) is 11.3 Å². The first-order chi connectivity index (χ1) is 6.93. The minimum Gasteiger partial charge on any atom is -0.311 e. The molecule has 72 valence electrons. The van der Waals surface area contributed by atoms with Crippen LogP contribution in [0.5, 0.6) is 0 Å². The summed E-state index contributed by atoms with van der Waals surface area (Å²) in [4.78, 5) is 6.02. The van der Waals surface area contributed by atoms with E-state index in [-0.39, 0.29) is 0 Å². The fraction of sp³-hybridized carbons (Fsp3) is 0.300. The second kappa shape index (κ2) is 3.22. The highest BCUT2D eigenvalue weighted by molar-refractivity contribution is 7.14. The zero-order valence-electron chi connectivity index (χ0n) is 7.73. The van der Waals surface area contributed by atoms with Crippen LogP contribution in [-0.4, -0.2) is 16.1 Å². The Labute approximate surface area is 86.4 Å². The molecule has 1 aliphatic heterocycles. The predicted octanol–water partition coefficient (Wildman–Crippen LogP) is 1.58. The van der Waals surface area contributed by atoms with Gasteiger partial charge in [-0.05, 0) is 12.1 Å². The van der Waals surface area contributed by atoms with Crippen LogP contribution in [0.3, 0.4) is 0 Å². The zero-order valence-corrected chi connectivity index (χ0v) is 8.55. The van der Waals surface area contributed by atoms with Crippen LogP contribution < -0.4 is 5.32 Å². The number of rotatable bonds is 1. The number of aromatic nitrogens is 2. The van der Waals surface area contributed by atoms with Crippen LogP contribution in [0.15, 0.2) is 24.5 Å². The van der Waals surface area contributed by atoms with Crippen molar-refractivity contribution in [2.45, 2.75) is 13.0 Å². The molecule has 14 heavy (non-hydrogen) atoms. The summed E-state index contributed by atoms with van der Waals surface area (Å²) in [7, 11) is 0. The quantitative estimate of drug-likeness (QED) is 0.766. The molecule has 4 heteroatoms. The Kier molecular flexibility index (Phi) is 1.89. The number of thiazole rings is 1. The van der Waals surface area contributed by atoms with Gasteiger partial charge < -0.3 is 9.88 Å². The largest absolute Gasteiger partial charge is 0.311 e. The van der Waals surface area contributed by atoms with Gasteiger partial charge in [0.1, 0.15) is 0 Å². The van der Waals surface area contributed by atoms with Crippen molar-refractivity contribution in [2.75, 3.05) is 6.54 Å². The Morgan fingerprint density at radius 1 is 1.36 bits per heavy atom. The molecule has 3 rings (SSSR count). The molecule has 1 N–H and O–H groups in total. The summed E-state index contributed by atoms with van der Waals surface area (Å²) in [5.41, 5.74) is 1.28. The maximum atomic E-state index is 4.63. The molecule has 0 saturated heterocycles. The van der Waals surface area contributed by atoms with Crippen molar-refractivity contribution in [3.63, 3.8) is 0 Å². The van der Waals surface area contributed by atoms with Crippen molar-refractivity contribution in [1.82, 2.24) is 14.9 Å². The highest BCUT2D eigenvalue weighted by Gasteiger charge is 2.14. The summed E-state index contributed by atoms with van der Waals surface area (Å²) in [5, 5.41) is 4.45. The lowest BCUT2D eigenvalue weighted by atomic mass is 10.2. The van der Waals surface area contributed by atoms with E-state index in [1.807, 2.05) is 24.5 Å². The smallest absolute Gasteiger partial charge is 0.194 e. The minimum absolute atomic E-state index is 0.980. The standard InChI is InChI=1S/C10H11N3S/c1-2-6-13(5-1)10-12-8-3-4-11-7-9(8)14-10/h1-2,5-6,11H,3-4,7H2. The molecule has 3 heterocycles. The van der Waals surface area contributed by atoms with E-state index in [0.29, 0.717) is 0 Å². The predicted molar refractivity (Wildman–Crippen MR) is 56.9 cm³/mol. The van der Waals surface area contributed by atoms with Crippen LogP contribution in [0.4, 0.5) is 0 Å². The monoisotopic (exact) mass is 205 g/mol. The maximum absolute atomic E-state index is 4.63. The lowest BCUT2D eigenvalue weighted by molar-refractivity contribution is 0.643. The number of hydrogen-bond acceptors (Lipinski definition) is 3. The molecular weight excluding hydrogens is 194 g/mol. The number of fused-ring (bicyclic) bond motifs is 1. The second-order valence-electron chi connectivity index (χ2n) is 3.38. The Hall–Kier alpha value is -1.13. The molecule has 0 aliphatic carbocycles. The first-order valence-corrected chi connectivity index (χ1v) is 5.58. The first kappa shape index (κ1) is 8.20. The molecule has 1 aliphatic rings. The number of nitrogens with one attached hydrogen (secondary N) is 1. The summed E-state index contributed by atoms with van der Waals surface area (Å²) in [6, 6.07) is 4.05. The summed E-state index contributed by atoms with van der Waals surface area (Å²) in [5.74, 6) is 0. The van der Waals surface area contributed by atoms with Crippen molar-refractivity contribution in [1.29, 1.82) is 0 Å². The molecule has 0 bridgehead atoms. The SMILES string of the molecule is c1ccn(-c2nc3c(s2)CNCC3)c1. The molecule has 2 aromatic heterocycles. The van der Waals surface area contributed by atoms with E-state index >= 15 is 0 Å².